The lowest BCUT2D eigenvalue weighted by Gasteiger charge is -2.20. The van der Waals surface area contributed by atoms with E-state index in [1.165, 1.54) is 0 Å². The SMILES string of the molecule is Cc1cccc(C(=O)NCc2cc(Cl)c3c(c2)OCCO3)c1O. The van der Waals surface area contributed by atoms with Gasteiger partial charge in [0, 0.05) is 6.54 Å². The van der Waals surface area contributed by atoms with Gasteiger partial charge in [0.25, 0.3) is 5.91 Å². The van der Waals surface area contributed by atoms with E-state index >= 15 is 0 Å². The van der Waals surface area contributed by atoms with Crippen LogP contribution in [-0.4, -0.2) is 24.2 Å². The predicted octanol–water partition coefficient (Wildman–Crippen LogP) is 3.06. The number of nitrogens with one attached hydrogen (secondary N) is 1. The molecular weight excluding hydrogens is 318 g/mol. The van der Waals surface area contributed by atoms with Gasteiger partial charge in [-0.2, -0.15) is 0 Å². The second kappa shape index (κ2) is 6.38. The Bertz CT molecular complexity index is 760. The Morgan fingerprint density at radius 2 is 2.09 bits per heavy atom. The Hall–Kier alpha value is -2.40. The average molecular weight is 334 g/mol. The highest BCUT2D eigenvalue weighted by Gasteiger charge is 2.17. The van der Waals surface area contributed by atoms with E-state index in [4.69, 9.17) is 21.1 Å². The van der Waals surface area contributed by atoms with Gasteiger partial charge in [0.05, 0.1) is 10.6 Å². The van der Waals surface area contributed by atoms with E-state index in [9.17, 15) is 9.90 Å². The monoisotopic (exact) mass is 333 g/mol. The van der Waals surface area contributed by atoms with E-state index < -0.39 is 0 Å². The van der Waals surface area contributed by atoms with Crippen molar-refractivity contribution in [2.45, 2.75) is 13.5 Å². The first-order valence-corrected chi connectivity index (χ1v) is 7.59. The van der Waals surface area contributed by atoms with Gasteiger partial charge < -0.3 is 19.9 Å². The molecule has 3 rings (SSSR count). The molecule has 5 nitrogen and oxygen atoms in total. The van der Waals surface area contributed by atoms with Crippen LogP contribution in [0, 0.1) is 6.92 Å². The second-order valence-electron chi connectivity index (χ2n) is 5.26. The van der Waals surface area contributed by atoms with Gasteiger partial charge in [0.1, 0.15) is 19.0 Å². The number of amides is 1. The fourth-order valence-corrected chi connectivity index (χ4v) is 2.67. The summed E-state index contributed by atoms with van der Waals surface area (Å²) in [5.74, 6) is 0.748. The Balaban J connectivity index is 1.74. The second-order valence-corrected chi connectivity index (χ2v) is 5.66. The van der Waals surface area contributed by atoms with Crippen molar-refractivity contribution in [1.82, 2.24) is 5.32 Å². The molecule has 0 atom stereocenters. The number of aromatic hydroxyl groups is 1. The molecule has 0 aliphatic carbocycles. The minimum atomic E-state index is -0.350. The molecule has 0 aromatic heterocycles. The summed E-state index contributed by atoms with van der Waals surface area (Å²) in [7, 11) is 0. The van der Waals surface area contributed by atoms with Crippen molar-refractivity contribution in [3.63, 3.8) is 0 Å². The number of ether oxygens (including phenoxy) is 2. The summed E-state index contributed by atoms with van der Waals surface area (Å²) in [6.45, 7) is 2.95. The molecule has 0 saturated carbocycles. The molecule has 2 aromatic rings. The van der Waals surface area contributed by atoms with Crippen molar-refractivity contribution in [2.75, 3.05) is 13.2 Å². The summed E-state index contributed by atoms with van der Waals surface area (Å²) in [5, 5.41) is 13.2. The molecule has 0 spiro atoms. The normalized spacial score (nSPS) is 12.8. The van der Waals surface area contributed by atoms with Gasteiger partial charge >= 0.3 is 0 Å². The number of carbonyl (C=O) groups excluding carboxylic acids is 1. The number of rotatable bonds is 3. The van der Waals surface area contributed by atoms with Crippen molar-refractivity contribution in [2.24, 2.45) is 0 Å². The van der Waals surface area contributed by atoms with Gasteiger partial charge in [-0.3, -0.25) is 4.79 Å². The first-order chi connectivity index (χ1) is 11.1. The number of hydrogen-bond donors (Lipinski definition) is 2. The van der Waals surface area contributed by atoms with Crippen molar-refractivity contribution >= 4 is 17.5 Å². The van der Waals surface area contributed by atoms with Crippen molar-refractivity contribution in [3.8, 4) is 17.2 Å². The Morgan fingerprint density at radius 3 is 2.91 bits per heavy atom. The smallest absolute Gasteiger partial charge is 0.255 e. The van der Waals surface area contributed by atoms with Crippen molar-refractivity contribution in [3.05, 3.63) is 52.0 Å². The lowest BCUT2D eigenvalue weighted by atomic mass is 10.1. The van der Waals surface area contributed by atoms with Crippen LogP contribution in [0.4, 0.5) is 0 Å². The zero-order valence-corrected chi connectivity index (χ0v) is 13.3. The molecular formula is C17H16ClNO4. The number of carbonyl (C=O) groups is 1. The molecule has 0 bridgehead atoms. The molecule has 1 heterocycles. The molecule has 0 unspecified atom stereocenters. The van der Waals surface area contributed by atoms with Crippen LogP contribution in [0.3, 0.4) is 0 Å². The average Bonchev–Trinajstić information content (AvgIpc) is 2.55. The lowest BCUT2D eigenvalue weighted by molar-refractivity contribution is 0.0948. The highest BCUT2D eigenvalue weighted by atomic mass is 35.5. The molecule has 1 amide bonds. The van der Waals surface area contributed by atoms with Crippen LogP contribution >= 0.6 is 11.6 Å². The van der Waals surface area contributed by atoms with E-state index in [1.54, 1.807) is 37.3 Å². The van der Waals surface area contributed by atoms with Crippen molar-refractivity contribution < 1.29 is 19.4 Å². The quantitative estimate of drug-likeness (QED) is 0.906. The summed E-state index contributed by atoms with van der Waals surface area (Å²) in [6.07, 6.45) is 0. The van der Waals surface area contributed by atoms with Gasteiger partial charge in [0.2, 0.25) is 0 Å². The number of phenols is 1. The number of benzene rings is 2. The summed E-state index contributed by atoms with van der Waals surface area (Å²) >= 11 is 6.17. The third-order valence-electron chi connectivity index (χ3n) is 3.59. The van der Waals surface area contributed by atoms with Gasteiger partial charge in [-0.1, -0.05) is 23.7 Å². The fourth-order valence-electron chi connectivity index (χ4n) is 2.39. The van der Waals surface area contributed by atoms with Crippen molar-refractivity contribution in [1.29, 1.82) is 0 Å². The van der Waals surface area contributed by atoms with E-state index in [0.717, 1.165) is 5.56 Å². The van der Waals surface area contributed by atoms with Crippen LogP contribution in [0.2, 0.25) is 5.02 Å². The molecule has 6 heteroatoms. The molecule has 0 radical (unpaired) electrons. The molecule has 23 heavy (non-hydrogen) atoms. The minimum absolute atomic E-state index is 0.00907. The van der Waals surface area contributed by atoms with E-state index in [1.807, 2.05) is 0 Å². The zero-order chi connectivity index (χ0) is 16.4. The van der Waals surface area contributed by atoms with Crippen LogP contribution in [0.15, 0.2) is 30.3 Å². The largest absolute Gasteiger partial charge is 0.507 e. The van der Waals surface area contributed by atoms with E-state index in [2.05, 4.69) is 5.32 Å². The summed E-state index contributed by atoms with van der Waals surface area (Å²) in [4.78, 5) is 12.2. The van der Waals surface area contributed by atoms with Crippen LogP contribution in [-0.2, 0) is 6.54 Å². The van der Waals surface area contributed by atoms with Crippen LogP contribution < -0.4 is 14.8 Å². The number of phenolic OH excluding ortho intramolecular Hbond substituents is 1. The Morgan fingerprint density at radius 1 is 1.30 bits per heavy atom. The van der Waals surface area contributed by atoms with Gasteiger partial charge in [-0.15, -0.1) is 0 Å². The maximum Gasteiger partial charge on any atom is 0.255 e. The first-order valence-electron chi connectivity index (χ1n) is 7.21. The van der Waals surface area contributed by atoms with Crippen LogP contribution in [0.25, 0.3) is 0 Å². The number of hydrogen-bond acceptors (Lipinski definition) is 4. The number of para-hydroxylation sites is 1. The van der Waals surface area contributed by atoms with E-state index in [-0.39, 0.29) is 23.8 Å². The lowest BCUT2D eigenvalue weighted by Crippen LogP contribution is -2.23. The fraction of sp³-hybridized carbons (Fsp3) is 0.235. The van der Waals surface area contributed by atoms with Gasteiger partial charge in [-0.25, -0.2) is 0 Å². The standard InChI is InChI=1S/C17H16ClNO4/c1-10-3-2-4-12(15(10)20)17(21)19-9-11-7-13(18)16-14(8-11)22-5-6-23-16/h2-4,7-8,20H,5-6,9H2,1H3,(H,19,21). The molecule has 2 aromatic carbocycles. The Labute approximate surface area is 138 Å². The molecule has 2 N–H and O–H groups in total. The topological polar surface area (TPSA) is 67.8 Å². The van der Waals surface area contributed by atoms with Gasteiger partial charge in [0.15, 0.2) is 11.5 Å². The number of aryl methyl sites for hydroxylation is 1. The first kappa shape index (κ1) is 15.5. The summed E-state index contributed by atoms with van der Waals surface area (Å²) in [5.41, 5.74) is 1.69. The van der Waals surface area contributed by atoms with Gasteiger partial charge in [-0.05, 0) is 36.2 Å². The molecule has 0 saturated heterocycles. The van der Waals surface area contributed by atoms with Crippen LogP contribution in [0.5, 0.6) is 17.2 Å². The molecule has 1 aliphatic heterocycles. The third kappa shape index (κ3) is 3.19. The summed E-state index contributed by atoms with van der Waals surface area (Å²) in [6, 6.07) is 8.56. The summed E-state index contributed by atoms with van der Waals surface area (Å²) < 4.78 is 11.0. The zero-order valence-electron chi connectivity index (χ0n) is 12.6. The maximum atomic E-state index is 12.2. The van der Waals surface area contributed by atoms with E-state index in [0.29, 0.717) is 35.3 Å². The molecule has 1 aliphatic rings. The number of fused-ring (bicyclic) bond motifs is 1. The predicted molar refractivity (Wildman–Crippen MR) is 86.5 cm³/mol. The Kier molecular flexibility index (Phi) is 4.30. The minimum Gasteiger partial charge on any atom is -0.507 e. The molecule has 0 fully saturated rings. The highest BCUT2D eigenvalue weighted by molar-refractivity contribution is 6.32. The maximum absolute atomic E-state index is 12.2. The highest BCUT2D eigenvalue weighted by Crippen LogP contribution is 2.38. The number of halogens is 1. The van der Waals surface area contributed by atoms with Crippen LogP contribution in [0.1, 0.15) is 21.5 Å². The third-order valence-corrected chi connectivity index (χ3v) is 3.87. The molecule has 120 valence electrons.